The maximum Gasteiger partial charge on any atom is 0.211 e. The summed E-state index contributed by atoms with van der Waals surface area (Å²) in [6, 6.07) is 9.52. The van der Waals surface area contributed by atoms with Crippen LogP contribution in [0.2, 0.25) is 0 Å². The number of benzene rings is 1. The van der Waals surface area contributed by atoms with Crippen LogP contribution in [0.3, 0.4) is 0 Å². The van der Waals surface area contributed by atoms with E-state index < -0.39 is 10.0 Å². The zero-order valence-electron chi connectivity index (χ0n) is 9.97. The number of hydrogen-bond donors (Lipinski definition) is 1. The lowest BCUT2D eigenvalue weighted by molar-refractivity contribution is 0.463. The van der Waals surface area contributed by atoms with E-state index in [2.05, 4.69) is 4.72 Å². The zero-order chi connectivity index (χ0) is 12.2. The van der Waals surface area contributed by atoms with Gasteiger partial charge in [-0.2, -0.15) is 0 Å². The van der Waals surface area contributed by atoms with Gasteiger partial charge in [-0.05, 0) is 18.4 Å². The molecule has 16 heavy (non-hydrogen) atoms. The average Bonchev–Trinajstić information content (AvgIpc) is 2.27. The highest BCUT2D eigenvalue weighted by atomic mass is 32.2. The summed E-state index contributed by atoms with van der Waals surface area (Å²) in [6.45, 7) is 5.66. The topological polar surface area (TPSA) is 46.2 Å². The highest BCUT2D eigenvalue weighted by Crippen LogP contribution is 2.22. The first kappa shape index (κ1) is 13.2. The fraction of sp³-hybridized carbons (Fsp3) is 0.500. The van der Waals surface area contributed by atoms with E-state index in [4.69, 9.17) is 0 Å². The van der Waals surface area contributed by atoms with Gasteiger partial charge < -0.3 is 0 Å². The molecule has 0 saturated heterocycles. The average molecular weight is 241 g/mol. The van der Waals surface area contributed by atoms with Gasteiger partial charge in [-0.15, -0.1) is 0 Å². The minimum atomic E-state index is -3.16. The lowest BCUT2D eigenvalue weighted by Gasteiger charge is -2.22. The van der Waals surface area contributed by atoms with Gasteiger partial charge in [-0.25, -0.2) is 13.1 Å². The van der Waals surface area contributed by atoms with E-state index >= 15 is 0 Å². The highest BCUT2D eigenvalue weighted by molar-refractivity contribution is 7.89. The minimum absolute atomic E-state index is 0.114. The van der Waals surface area contributed by atoms with E-state index in [1.165, 1.54) is 0 Å². The first-order chi connectivity index (χ1) is 7.46. The second-order valence-electron chi connectivity index (χ2n) is 4.15. The third kappa shape index (κ3) is 3.61. The molecule has 0 saturated carbocycles. The predicted octanol–water partition coefficient (Wildman–Crippen LogP) is 2.32. The molecule has 1 aromatic rings. The molecule has 0 heterocycles. The van der Waals surface area contributed by atoms with Crippen LogP contribution in [0, 0.1) is 5.92 Å². The Hall–Kier alpha value is -0.870. The van der Waals surface area contributed by atoms with Gasteiger partial charge in [0.1, 0.15) is 0 Å². The van der Waals surface area contributed by atoms with Crippen molar-refractivity contribution in [3.63, 3.8) is 0 Å². The SMILES string of the molecule is CCS(=O)(=O)N[C@H](c1ccccc1)C(C)C. The molecule has 0 aliphatic heterocycles. The van der Waals surface area contributed by atoms with E-state index in [1.807, 2.05) is 44.2 Å². The number of hydrogen-bond acceptors (Lipinski definition) is 2. The van der Waals surface area contributed by atoms with Crippen molar-refractivity contribution in [3.05, 3.63) is 35.9 Å². The first-order valence-electron chi connectivity index (χ1n) is 5.51. The van der Waals surface area contributed by atoms with Crippen LogP contribution in [0.25, 0.3) is 0 Å². The largest absolute Gasteiger partial charge is 0.212 e. The van der Waals surface area contributed by atoms with Crippen LogP contribution in [0.5, 0.6) is 0 Å². The van der Waals surface area contributed by atoms with Crippen LogP contribution in [0.15, 0.2) is 30.3 Å². The van der Waals surface area contributed by atoms with Crippen molar-refractivity contribution in [2.24, 2.45) is 5.92 Å². The van der Waals surface area contributed by atoms with Gasteiger partial charge in [-0.3, -0.25) is 0 Å². The lowest BCUT2D eigenvalue weighted by atomic mass is 9.97. The standard InChI is InChI=1S/C12H19NO2S/c1-4-16(14,15)13-12(10(2)3)11-8-6-5-7-9-11/h5-10,12-13H,4H2,1-3H3/t12-/m0/s1. The molecule has 0 bridgehead atoms. The minimum Gasteiger partial charge on any atom is -0.212 e. The van der Waals surface area contributed by atoms with Gasteiger partial charge >= 0.3 is 0 Å². The Morgan fingerprint density at radius 3 is 2.19 bits per heavy atom. The van der Waals surface area contributed by atoms with Crippen LogP contribution < -0.4 is 4.72 Å². The molecule has 0 aromatic heterocycles. The Labute approximate surface area is 97.9 Å². The maximum atomic E-state index is 11.6. The fourth-order valence-corrected chi connectivity index (χ4v) is 2.49. The van der Waals surface area contributed by atoms with Gasteiger partial charge in [0, 0.05) is 6.04 Å². The highest BCUT2D eigenvalue weighted by Gasteiger charge is 2.20. The summed E-state index contributed by atoms with van der Waals surface area (Å²) < 4.78 is 25.9. The van der Waals surface area contributed by atoms with Gasteiger partial charge in [0.25, 0.3) is 0 Å². The van der Waals surface area contributed by atoms with E-state index in [0.29, 0.717) is 0 Å². The van der Waals surface area contributed by atoms with Crippen molar-refractivity contribution in [3.8, 4) is 0 Å². The molecule has 1 N–H and O–H groups in total. The molecule has 0 aliphatic rings. The Morgan fingerprint density at radius 2 is 1.75 bits per heavy atom. The number of nitrogens with one attached hydrogen (secondary N) is 1. The Morgan fingerprint density at radius 1 is 1.19 bits per heavy atom. The van der Waals surface area contributed by atoms with Crippen LogP contribution in [0.1, 0.15) is 32.4 Å². The van der Waals surface area contributed by atoms with E-state index in [1.54, 1.807) is 6.92 Å². The molecule has 0 radical (unpaired) electrons. The van der Waals surface area contributed by atoms with Gasteiger partial charge in [0.05, 0.1) is 5.75 Å². The van der Waals surface area contributed by atoms with Crippen molar-refractivity contribution in [1.82, 2.24) is 4.72 Å². The zero-order valence-corrected chi connectivity index (χ0v) is 10.8. The van der Waals surface area contributed by atoms with Gasteiger partial charge in [0.15, 0.2) is 0 Å². The number of sulfonamides is 1. The molecule has 1 rings (SSSR count). The van der Waals surface area contributed by atoms with Crippen molar-refractivity contribution in [1.29, 1.82) is 0 Å². The van der Waals surface area contributed by atoms with Crippen molar-refractivity contribution < 1.29 is 8.42 Å². The van der Waals surface area contributed by atoms with Crippen molar-refractivity contribution in [2.75, 3.05) is 5.75 Å². The molecule has 0 unspecified atom stereocenters. The van der Waals surface area contributed by atoms with E-state index in [0.717, 1.165) is 5.56 Å². The summed E-state index contributed by atoms with van der Waals surface area (Å²) in [5.41, 5.74) is 1.01. The lowest BCUT2D eigenvalue weighted by Crippen LogP contribution is -2.32. The van der Waals surface area contributed by atoms with Crippen LogP contribution >= 0.6 is 0 Å². The van der Waals surface area contributed by atoms with E-state index in [-0.39, 0.29) is 17.7 Å². The molecule has 4 heteroatoms. The molecular formula is C12H19NO2S. The quantitative estimate of drug-likeness (QED) is 0.860. The first-order valence-corrected chi connectivity index (χ1v) is 7.16. The third-order valence-electron chi connectivity index (χ3n) is 2.51. The van der Waals surface area contributed by atoms with Crippen molar-refractivity contribution >= 4 is 10.0 Å². The summed E-state index contributed by atoms with van der Waals surface area (Å²) in [4.78, 5) is 0. The second kappa shape index (κ2) is 5.46. The Kier molecular flexibility index (Phi) is 4.50. The Balaban J connectivity index is 2.94. The molecule has 90 valence electrons. The molecular weight excluding hydrogens is 222 g/mol. The Bertz CT molecular complexity index is 412. The molecule has 1 atom stereocenters. The molecule has 0 amide bonds. The van der Waals surface area contributed by atoms with Crippen molar-refractivity contribution in [2.45, 2.75) is 26.8 Å². The smallest absolute Gasteiger partial charge is 0.211 e. The summed E-state index contributed by atoms with van der Waals surface area (Å²) in [5, 5.41) is 0. The second-order valence-corrected chi connectivity index (χ2v) is 6.20. The van der Waals surface area contributed by atoms with Gasteiger partial charge in [0.2, 0.25) is 10.0 Å². The fourth-order valence-electron chi connectivity index (χ4n) is 1.53. The molecule has 1 aromatic carbocycles. The summed E-state index contributed by atoms with van der Waals surface area (Å²) >= 11 is 0. The monoisotopic (exact) mass is 241 g/mol. The molecule has 3 nitrogen and oxygen atoms in total. The summed E-state index contributed by atoms with van der Waals surface area (Å²) in [7, 11) is -3.16. The molecule has 0 spiro atoms. The summed E-state index contributed by atoms with van der Waals surface area (Å²) in [6.07, 6.45) is 0. The van der Waals surface area contributed by atoms with Gasteiger partial charge in [-0.1, -0.05) is 44.2 Å². The summed E-state index contributed by atoms with van der Waals surface area (Å²) in [5.74, 6) is 0.340. The maximum absolute atomic E-state index is 11.6. The van der Waals surface area contributed by atoms with Crippen LogP contribution in [0.4, 0.5) is 0 Å². The third-order valence-corrected chi connectivity index (χ3v) is 3.89. The van der Waals surface area contributed by atoms with E-state index in [9.17, 15) is 8.42 Å². The molecule has 0 aliphatic carbocycles. The normalized spacial score (nSPS) is 14.0. The predicted molar refractivity (Wildman–Crippen MR) is 66.6 cm³/mol. The molecule has 0 fully saturated rings. The van der Waals surface area contributed by atoms with Crippen LogP contribution in [-0.2, 0) is 10.0 Å². The van der Waals surface area contributed by atoms with Crippen LogP contribution in [-0.4, -0.2) is 14.2 Å². The number of rotatable bonds is 5.